The Morgan fingerprint density at radius 3 is 2.14 bits per heavy atom. The molecule has 0 saturated heterocycles. The summed E-state index contributed by atoms with van der Waals surface area (Å²) in [6.45, 7) is 7.08. The third kappa shape index (κ3) is 4.02. The van der Waals surface area contributed by atoms with Gasteiger partial charge in [-0.3, -0.25) is 4.79 Å². The molecule has 0 unspecified atom stereocenters. The van der Waals surface area contributed by atoms with E-state index in [-0.39, 0.29) is 11.8 Å². The summed E-state index contributed by atoms with van der Waals surface area (Å²) in [5.41, 5.74) is 1.17. The molecule has 0 spiro atoms. The van der Waals surface area contributed by atoms with Gasteiger partial charge in [0.05, 0.1) is 0 Å². The zero-order valence-corrected chi connectivity index (χ0v) is 13.4. The zero-order chi connectivity index (χ0) is 15.6. The second kappa shape index (κ2) is 5.82. The molecule has 0 aliphatic rings. The minimum absolute atomic E-state index is 0.0437. The van der Waals surface area contributed by atoms with Crippen LogP contribution >= 0.6 is 11.3 Å². The van der Waals surface area contributed by atoms with Crippen LogP contribution in [0.2, 0.25) is 0 Å². The van der Waals surface area contributed by atoms with E-state index in [0.29, 0.717) is 10.4 Å². The first-order valence-corrected chi connectivity index (χ1v) is 7.52. The fourth-order valence-electron chi connectivity index (χ4n) is 1.80. The van der Waals surface area contributed by atoms with E-state index in [9.17, 15) is 9.59 Å². The number of hydrogen-bond donors (Lipinski definition) is 0. The van der Waals surface area contributed by atoms with Gasteiger partial charge in [-0.15, -0.1) is 11.3 Å². The van der Waals surface area contributed by atoms with Crippen LogP contribution in [0, 0.1) is 0 Å². The highest BCUT2D eigenvalue weighted by Gasteiger charge is 2.19. The maximum atomic E-state index is 12.0. The highest BCUT2D eigenvalue weighted by atomic mass is 32.1. The van der Waals surface area contributed by atoms with Crippen LogP contribution < -0.4 is 0 Å². The Morgan fingerprint density at radius 1 is 1.00 bits per heavy atom. The third-order valence-electron chi connectivity index (χ3n) is 2.78. The second-order valence-electron chi connectivity index (χ2n) is 5.80. The standard InChI is InChI=1S/C17H18O3S/c1-11(18)12-5-7-13(8-6-12)14-9-10-15(21-14)16(19)20-17(2,3)4/h5-10H,1-4H3. The number of Topliss-reactive ketones (excluding diaryl/α,β-unsaturated/α-hetero) is 1. The minimum atomic E-state index is -0.496. The van der Waals surface area contributed by atoms with Gasteiger partial charge in [0.1, 0.15) is 10.5 Å². The fourth-order valence-corrected chi connectivity index (χ4v) is 2.69. The SMILES string of the molecule is CC(=O)c1ccc(-c2ccc(C(=O)OC(C)(C)C)s2)cc1. The molecule has 0 amide bonds. The molecule has 1 aromatic heterocycles. The number of thiophene rings is 1. The Balaban J connectivity index is 2.19. The number of hydrogen-bond acceptors (Lipinski definition) is 4. The van der Waals surface area contributed by atoms with Crippen molar-refractivity contribution in [3.8, 4) is 10.4 Å². The van der Waals surface area contributed by atoms with Crippen LogP contribution in [0.3, 0.4) is 0 Å². The molecule has 0 atom stereocenters. The third-order valence-corrected chi connectivity index (χ3v) is 3.90. The van der Waals surface area contributed by atoms with Crippen molar-refractivity contribution >= 4 is 23.1 Å². The van der Waals surface area contributed by atoms with Gasteiger partial charge >= 0.3 is 5.97 Å². The van der Waals surface area contributed by atoms with E-state index in [1.54, 1.807) is 25.1 Å². The number of carbonyl (C=O) groups is 2. The average Bonchev–Trinajstić information content (AvgIpc) is 2.86. The molecule has 21 heavy (non-hydrogen) atoms. The van der Waals surface area contributed by atoms with E-state index in [2.05, 4.69) is 0 Å². The molecule has 1 aromatic carbocycles. The first-order chi connectivity index (χ1) is 9.76. The molecule has 2 rings (SSSR count). The molecule has 110 valence electrons. The van der Waals surface area contributed by atoms with Gasteiger partial charge in [-0.1, -0.05) is 24.3 Å². The molecule has 0 radical (unpaired) electrons. The number of rotatable bonds is 3. The maximum Gasteiger partial charge on any atom is 0.348 e. The monoisotopic (exact) mass is 302 g/mol. The summed E-state index contributed by atoms with van der Waals surface area (Å²) in [5, 5.41) is 0. The predicted octanol–water partition coefficient (Wildman–Crippen LogP) is 4.57. The van der Waals surface area contributed by atoms with Crippen LogP contribution in [-0.2, 0) is 4.74 Å². The van der Waals surface area contributed by atoms with Crippen molar-refractivity contribution in [1.29, 1.82) is 0 Å². The van der Waals surface area contributed by atoms with Crippen LogP contribution in [0.25, 0.3) is 10.4 Å². The summed E-state index contributed by atoms with van der Waals surface area (Å²) in [6, 6.07) is 11.0. The van der Waals surface area contributed by atoms with Crippen LogP contribution in [-0.4, -0.2) is 17.4 Å². The largest absolute Gasteiger partial charge is 0.456 e. The van der Waals surface area contributed by atoms with E-state index in [0.717, 1.165) is 10.4 Å². The summed E-state index contributed by atoms with van der Waals surface area (Å²) < 4.78 is 5.35. The molecule has 3 nitrogen and oxygen atoms in total. The van der Waals surface area contributed by atoms with E-state index in [1.165, 1.54) is 11.3 Å². The zero-order valence-electron chi connectivity index (χ0n) is 12.6. The number of ketones is 1. The Bertz CT molecular complexity index is 660. The van der Waals surface area contributed by atoms with E-state index >= 15 is 0 Å². The van der Waals surface area contributed by atoms with Crippen molar-refractivity contribution in [2.75, 3.05) is 0 Å². The van der Waals surface area contributed by atoms with Gasteiger partial charge in [0.15, 0.2) is 5.78 Å². The summed E-state index contributed by atoms with van der Waals surface area (Å²) in [6.07, 6.45) is 0. The molecule has 1 heterocycles. The van der Waals surface area contributed by atoms with E-state index in [1.807, 2.05) is 39.0 Å². The van der Waals surface area contributed by atoms with Crippen LogP contribution in [0.1, 0.15) is 47.7 Å². The predicted molar refractivity (Wildman–Crippen MR) is 84.9 cm³/mol. The lowest BCUT2D eigenvalue weighted by atomic mass is 10.1. The average molecular weight is 302 g/mol. The molecule has 0 bridgehead atoms. The lowest BCUT2D eigenvalue weighted by Crippen LogP contribution is -2.23. The number of esters is 1. The van der Waals surface area contributed by atoms with Gasteiger partial charge in [-0.2, -0.15) is 0 Å². The molecule has 4 heteroatoms. The van der Waals surface area contributed by atoms with Crippen molar-refractivity contribution in [2.45, 2.75) is 33.3 Å². The van der Waals surface area contributed by atoms with Crippen molar-refractivity contribution in [3.63, 3.8) is 0 Å². The number of carbonyl (C=O) groups excluding carboxylic acids is 2. The molecule has 0 fully saturated rings. The number of benzene rings is 1. The Hall–Kier alpha value is -1.94. The minimum Gasteiger partial charge on any atom is -0.456 e. The van der Waals surface area contributed by atoms with E-state index < -0.39 is 5.60 Å². The summed E-state index contributed by atoms with van der Waals surface area (Å²) in [7, 11) is 0. The number of ether oxygens (including phenoxy) is 1. The normalized spacial score (nSPS) is 11.2. The Kier molecular flexibility index (Phi) is 4.28. The molecule has 0 aliphatic heterocycles. The topological polar surface area (TPSA) is 43.4 Å². The second-order valence-corrected chi connectivity index (χ2v) is 6.88. The summed E-state index contributed by atoms with van der Waals surface area (Å²) >= 11 is 1.39. The molecular weight excluding hydrogens is 284 g/mol. The van der Waals surface area contributed by atoms with Gasteiger partial charge in [0.2, 0.25) is 0 Å². The van der Waals surface area contributed by atoms with Gasteiger partial charge in [0.25, 0.3) is 0 Å². The first-order valence-electron chi connectivity index (χ1n) is 6.71. The van der Waals surface area contributed by atoms with Crippen molar-refractivity contribution in [3.05, 3.63) is 46.8 Å². The van der Waals surface area contributed by atoms with Crippen LogP contribution in [0.4, 0.5) is 0 Å². The van der Waals surface area contributed by atoms with Gasteiger partial charge in [-0.25, -0.2) is 4.79 Å². The summed E-state index contributed by atoms with van der Waals surface area (Å²) in [4.78, 5) is 24.8. The highest BCUT2D eigenvalue weighted by Crippen LogP contribution is 2.29. The van der Waals surface area contributed by atoms with Crippen LogP contribution in [0.5, 0.6) is 0 Å². The van der Waals surface area contributed by atoms with E-state index in [4.69, 9.17) is 4.74 Å². The Morgan fingerprint density at radius 2 is 1.62 bits per heavy atom. The first kappa shape index (κ1) is 15.4. The highest BCUT2D eigenvalue weighted by molar-refractivity contribution is 7.17. The molecule has 2 aromatic rings. The van der Waals surface area contributed by atoms with Crippen LogP contribution in [0.15, 0.2) is 36.4 Å². The summed E-state index contributed by atoms with van der Waals surface area (Å²) in [5.74, 6) is -0.263. The lowest BCUT2D eigenvalue weighted by molar-refractivity contribution is 0.00751. The van der Waals surface area contributed by atoms with Crippen molar-refractivity contribution in [2.24, 2.45) is 0 Å². The quantitative estimate of drug-likeness (QED) is 0.616. The molecule has 0 saturated carbocycles. The smallest absolute Gasteiger partial charge is 0.348 e. The maximum absolute atomic E-state index is 12.0. The molecule has 0 aliphatic carbocycles. The fraction of sp³-hybridized carbons (Fsp3) is 0.294. The van der Waals surface area contributed by atoms with Gasteiger partial charge in [0, 0.05) is 10.4 Å². The Labute approximate surface area is 128 Å². The van der Waals surface area contributed by atoms with Gasteiger partial charge in [-0.05, 0) is 45.4 Å². The van der Waals surface area contributed by atoms with Crippen molar-refractivity contribution < 1.29 is 14.3 Å². The lowest BCUT2D eigenvalue weighted by Gasteiger charge is -2.18. The molecular formula is C17H18O3S. The molecule has 0 N–H and O–H groups in total. The van der Waals surface area contributed by atoms with Crippen molar-refractivity contribution in [1.82, 2.24) is 0 Å². The van der Waals surface area contributed by atoms with Gasteiger partial charge < -0.3 is 4.74 Å².